The fourth-order valence-electron chi connectivity index (χ4n) is 5.07. The van der Waals surface area contributed by atoms with Gasteiger partial charge in [-0.3, -0.25) is 14.4 Å². The number of aromatic nitrogens is 1. The van der Waals surface area contributed by atoms with Crippen LogP contribution >= 0.6 is 11.6 Å². The number of nitrogens with zero attached hydrogens (tertiary/aromatic N) is 1. The molecule has 0 aliphatic rings. The van der Waals surface area contributed by atoms with Gasteiger partial charge in [-0.1, -0.05) is 56.6 Å². The van der Waals surface area contributed by atoms with Crippen LogP contribution in [0.4, 0.5) is 13.2 Å². The Morgan fingerprint density at radius 3 is 2.26 bits per heavy atom. The SMILES string of the molecule is CC(C)(C)C(Cc1ccc(C(=O)NCCC(=O)O)cc1)C(=O)c1cc2cc(Cl)ccc2n1-c1cccc(CC(F)(F)F)c1. The molecule has 4 aromatic rings. The van der Waals surface area contributed by atoms with E-state index >= 15 is 0 Å². The number of nitrogens with one attached hydrogen (secondary N) is 1. The number of aliphatic carboxylic acids is 1. The van der Waals surface area contributed by atoms with E-state index in [1.807, 2.05) is 20.8 Å². The second-order valence-electron chi connectivity index (χ2n) is 11.6. The van der Waals surface area contributed by atoms with Gasteiger partial charge < -0.3 is 15.0 Å². The fraction of sp³-hybridized carbons (Fsp3) is 0.303. The zero-order valence-corrected chi connectivity index (χ0v) is 24.7. The number of carbonyl (C=O) groups is 3. The Balaban J connectivity index is 1.70. The van der Waals surface area contributed by atoms with Crippen LogP contribution in [0.5, 0.6) is 0 Å². The quantitative estimate of drug-likeness (QED) is 0.180. The molecule has 0 aliphatic carbocycles. The van der Waals surface area contributed by atoms with Gasteiger partial charge in [0.25, 0.3) is 5.91 Å². The number of halogens is 4. The first-order chi connectivity index (χ1) is 20.1. The number of hydrogen-bond acceptors (Lipinski definition) is 3. The summed E-state index contributed by atoms with van der Waals surface area (Å²) in [5, 5.41) is 12.5. The summed E-state index contributed by atoms with van der Waals surface area (Å²) in [5.74, 6) is -2.12. The van der Waals surface area contributed by atoms with Gasteiger partial charge in [-0.15, -0.1) is 0 Å². The van der Waals surface area contributed by atoms with Crippen LogP contribution in [0.2, 0.25) is 5.02 Å². The zero-order valence-electron chi connectivity index (χ0n) is 24.0. The van der Waals surface area contributed by atoms with E-state index in [-0.39, 0.29) is 24.3 Å². The monoisotopic (exact) mass is 612 g/mol. The lowest BCUT2D eigenvalue weighted by Crippen LogP contribution is -2.32. The molecule has 10 heteroatoms. The molecule has 0 saturated heterocycles. The number of alkyl halides is 3. The Morgan fingerprint density at radius 1 is 0.930 bits per heavy atom. The maximum atomic E-state index is 14.4. The second kappa shape index (κ2) is 12.6. The van der Waals surface area contributed by atoms with Gasteiger partial charge >= 0.3 is 12.1 Å². The number of rotatable bonds is 10. The van der Waals surface area contributed by atoms with Crippen molar-refractivity contribution in [2.75, 3.05) is 6.54 Å². The molecule has 2 N–H and O–H groups in total. The highest BCUT2D eigenvalue weighted by molar-refractivity contribution is 6.31. The van der Waals surface area contributed by atoms with Crippen LogP contribution < -0.4 is 5.32 Å². The molecule has 1 amide bonds. The van der Waals surface area contributed by atoms with Crippen LogP contribution in [0.1, 0.15) is 59.2 Å². The largest absolute Gasteiger partial charge is 0.481 e. The third kappa shape index (κ3) is 8.04. The first-order valence-electron chi connectivity index (χ1n) is 13.7. The minimum Gasteiger partial charge on any atom is -0.481 e. The van der Waals surface area contributed by atoms with Crippen LogP contribution in [0.15, 0.2) is 72.8 Å². The summed E-state index contributed by atoms with van der Waals surface area (Å²) in [6.45, 7) is 5.86. The van der Waals surface area contributed by atoms with Crippen molar-refractivity contribution >= 4 is 40.2 Å². The molecule has 1 atom stereocenters. The molecule has 0 aliphatic heterocycles. The number of carbonyl (C=O) groups excluding carboxylic acids is 2. The number of amides is 1. The molecule has 1 unspecified atom stereocenters. The van der Waals surface area contributed by atoms with Crippen LogP contribution in [-0.2, 0) is 17.6 Å². The Hall–Kier alpha value is -4.11. The van der Waals surface area contributed by atoms with Gasteiger partial charge in [0.15, 0.2) is 5.78 Å². The van der Waals surface area contributed by atoms with Gasteiger partial charge in [0.05, 0.1) is 24.1 Å². The summed E-state index contributed by atoms with van der Waals surface area (Å²) in [5.41, 5.74) is 2.17. The number of benzene rings is 3. The minimum absolute atomic E-state index is 0.00877. The molecule has 0 saturated carbocycles. The van der Waals surface area contributed by atoms with E-state index in [1.54, 1.807) is 65.2 Å². The normalized spacial score (nSPS) is 12.7. The van der Waals surface area contributed by atoms with Crippen molar-refractivity contribution in [2.24, 2.45) is 11.3 Å². The van der Waals surface area contributed by atoms with Gasteiger partial charge in [0.1, 0.15) is 0 Å². The predicted octanol–water partition coefficient (Wildman–Crippen LogP) is 7.68. The van der Waals surface area contributed by atoms with Gasteiger partial charge in [0.2, 0.25) is 0 Å². The van der Waals surface area contributed by atoms with E-state index in [9.17, 15) is 27.6 Å². The first-order valence-corrected chi connectivity index (χ1v) is 14.1. The maximum Gasteiger partial charge on any atom is 0.393 e. The van der Waals surface area contributed by atoms with Gasteiger partial charge in [-0.05, 0) is 71.5 Å². The molecule has 6 nitrogen and oxygen atoms in total. The van der Waals surface area contributed by atoms with Crippen LogP contribution in [0, 0.1) is 11.3 Å². The molecule has 4 rings (SSSR count). The Kier molecular flexibility index (Phi) is 9.35. The summed E-state index contributed by atoms with van der Waals surface area (Å²) < 4.78 is 41.3. The molecular weight excluding hydrogens is 581 g/mol. The van der Waals surface area contributed by atoms with Crippen molar-refractivity contribution in [2.45, 2.75) is 46.2 Å². The molecule has 226 valence electrons. The number of hydrogen-bond donors (Lipinski definition) is 2. The van der Waals surface area contributed by atoms with Crippen molar-refractivity contribution < 1.29 is 32.7 Å². The fourth-order valence-corrected chi connectivity index (χ4v) is 5.25. The molecule has 43 heavy (non-hydrogen) atoms. The van der Waals surface area contributed by atoms with Crippen molar-refractivity contribution in [1.29, 1.82) is 0 Å². The summed E-state index contributed by atoms with van der Waals surface area (Å²) in [6.07, 6.45) is -5.31. The third-order valence-corrected chi connectivity index (χ3v) is 7.47. The second-order valence-corrected chi connectivity index (χ2v) is 12.0. The first kappa shape index (κ1) is 31.8. The number of carboxylic acids is 1. The van der Waals surface area contributed by atoms with Crippen molar-refractivity contribution in [3.63, 3.8) is 0 Å². The van der Waals surface area contributed by atoms with E-state index in [0.29, 0.717) is 39.3 Å². The third-order valence-electron chi connectivity index (χ3n) is 7.23. The highest BCUT2D eigenvalue weighted by Gasteiger charge is 2.34. The highest BCUT2D eigenvalue weighted by Crippen LogP contribution is 2.36. The molecule has 0 spiro atoms. The van der Waals surface area contributed by atoms with Crippen molar-refractivity contribution in [3.05, 3.63) is 100 Å². The zero-order chi connectivity index (χ0) is 31.5. The average molecular weight is 613 g/mol. The van der Waals surface area contributed by atoms with Gasteiger partial charge in [-0.25, -0.2) is 0 Å². The summed E-state index contributed by atoms with van der Waals surface area (Å²) in [6, 6.07) is 19.7. The molecule has 0 radical (unpaired) electrons. The molecule has 1 heterocycles. The number of carboxylic acid groups (broad SMARTS) is 1. The van der Waals surface area contributed by atoms with Gasteiger partial charge in [-0.2, -0.15) is 13.2 Å². The van der Waals surface area contributed by atoms with E-state index in [0.717, 1.165) is 5.56 Å². The standard InChI is InChI=1S/C33H32ClF3N2O4/c1-32(2,3)26(16-20-7-9-22(10-8-20)31(43)38-14-13-29(40)41)30(42)28-18-23-17-24(34)11-12-27(23)39(28)25-6-4-5-21(15-25)19-33(35,36)37/h4-12,15,17-18,26H,13-14,16,19H2,1-3H3,(H,38,43)(H,40,41). The van der Waals surface area contributed by atoms with E-state index < -0.39 is 35.8 Å². The predicted molar refractivity (Wildman–Crippen MR) is 160 cm³/mol. The molecule has 0 bridgehead atoms. The van der Waals surface area contributed by atoms with Crippen LogP contribution in [-0.4, -0.2) is 40.1 Å². The van der Waals surface area contributed by atoms with Crippen LogP contribution in [0.3, 0.4) is 0 Å². The number of Topliss-reactive ketones (excluding diaryl/α,β-unsaturated/α-hetero) is 1. The van der Waals surface area contributed by atoms with Crippen molar-refractivity contribution in [3.8, 4) is 5.69 Å². The Bertz CT molecular complexity index is 1650. The van der Waals surface area contributed by atoms with E-state index in [2.05, 4.69) is 5.32 Å². The summed E-state index contributed by atoms with van der Waals surface area (Å²) in [4.78, 5) is 37.4. The number of fused-ring (bicyclic) bond motifs is 1. The Morgan fingerprint density at radius 2 is 1.63 bits per heavy atom. The molecule has 3 aromatic carbocycles. The lowest BCUT2D eigenvalue weighted by atomic mass is 9.74. The Labute approximate surface area is 252 Å². The summed E-state index contributed by atoms with van der Waals surface area (Å²) >= 11 is 6.25. The van der Waals surface area contributed by atoms with Crippen molar-refractivity contribution in [1.82, 2.24) is 9.88 Å². The van der Waals surface area contributed by atoms with E-state index in [4.69, 9.17) is 16.7 Å². The van der Waals surface area contributed by atoms with Gasteiger partial charge in [0, 0.05) is 34.1 Å². The topological polar surface area (TPSA) is 88.4 Å². The highest BCUT2D eigenvalue weighted by atomic mass is 35.5. The van der Waals surface area contributed by atoms with Crippen LogP contribution in [0.25, 0.3) is 16.6 Å². The molecular formula is C33H32ClF3N2O4. The lowest BCUT2D eigenvalue weighted by Gasteiger charge is -2.30. The average Bonchev–Trinajstić information content (AvgIpc) is 3.28. The smallest absolute Gasteiger partial charge is 0.393 e. The minimum atomic E-state index is -4.38. The molecule has 0 fully saturated rings. The maximum absolute atomic E-state index is 14.4. The molecule has 1 aromatic heterocycles. The summed E-state index contributed by atoms with van der Waals surface area (Å²) in [7, 11) is 0. The van der Waals surface area contributed by atoms with E-state index in [1.165, 1.54) is 12.1 Å². The lowest BCUT2D eigenvalue weighted by molar-refractivity contribution is -0.136. The number of ketones is 1.